The van der Waals surface area contributed by atoms with Gasteiger partial charge in [0.15, 0.2) is 0 Å². The van der Waals surface area contributed by atoms with Crippen molar-refractivity contribution in [3.63, 3.8) is 0 Å². The van der Waals surface area contributed by atoms with Gasteiger partial charge in [0.25, 0.3) is 0 Å². The summed E-state index contributed by atoms with van der Waals surface area (Å²) in [5, 5.41) is 0. The summed E-state index contributed by atoms with van der Waals surface area (Å²) in [7, 11) is 1.75. The van der Waals surface area contributed by atoms with Crippen LogP contribution >= 0.6 is 22.6 Å². The van der Waals surface area contributed by atoms with Gasteiger partial charge in [-0.05, 0) is 6.92 Å². The number of rotatable bonds is 1. The second-order valence-electron chi connectivity index (χ2n) is 2.48. The van der Waals surface area contributed by atoms with E-state index in [2.05, 4.69) is 22.6 Å². The zero-order valence-corrected chi connectivity index (χ0v) is 8.16. The van der Waals surface area contributed by atoms with Crippen LogP contribution in [0, 0.1) is 0 Å². The van der Waals surface area contributed by atoms with Crippen LogP contribution in [-0.4, -0.2) is 34.6 Å². The monoisotopic (exact) mass is 255 g/mol. The van der Waals surface area contributed by atoms with Gasteiger partial charge in [0, 0.05) is 11.0 Å². The predicted molar refractivity (Wildman–Crippen MR) is 46.4 cm³/mol. The van der Waals surface area contributed by atoms with Crippen molar-refractivity contribution < 1.29 is 9.53 Å². The van der Waals surface area contributed by atoms with Gasteiger partial charge in [0.1, 0.15) is 6.10 Å². The topological polar surface area (TPSA) is 29.5 Å². The lowest BCUT2D eigenvalue weighted by Crippen LogP contribution is -2.23. The lowest BCUT2D eigenvalue weighted by molar-refractivity contribution is 0.136. The number of ether oxygens (including phenoxy) is 1. The summed E-state index contributed by atoms with van der Waals surface area (Å²) >= 11 is 2.26. The van der Waals surface area contributed by atoms with E-state index < -0.39 is 0 Å². The van der Waals surface area contributed by atoms with Crippen molar-refractivity contribution in [1.29, 1.82) is 0 Å². The van der Waals surface area contributed by atoms with Crippen LogP contribution in [0.1, 0.15) is 6.92 Å². The Morgan fingerprint density at radius 3 is 2.70 bits per heavy atom. The van der Waals surface area contributed by atoms with E-state index in [1.165, 1.54) is 0 Å². The van der Waals surface area contributed by atoms with E-state index in [0.717, 1.165) is 6.54 Å². The van der Waals surface area contributed by atoms with E-state index in [1.807, 2.05) is 6.92 Å². The van der Waals surface area contributed by atoms with Gasteiger partial charge in [-0.15, -0.1) is 0 Å². The normalized spacial score (nSPS) is 28.5. The lowest BCUT2D eigenvalue weighted by Gasteiger charge is -2.08. The van der Waals surface area contributed by atoms with Crippen LogP contribution in [0.3, 0.4) is 0 Å². The molecule has 4 heteroatoms. The minimum absolute atomic E-state index is 0.0816. The van der Waals surface area contributed by atoms with Crippen LogP contribution in [0.25, 0.3) is 0 Å². The molecule has 1 aliphatic heterocycles. The first-order valence-electron chi connectivity index (χ1n) is 3.17. The summed E-state index contributed by atoms with van der Waals surface area (Å²) in [6.07, 6.45) is -0.119. The quantitative estimate of drug-likeness (QED) is 0.521. The summed E-state index contributed by atoms with van der Waals surface area (Å²) < 4.78 is 5.41. The molecule has 1 rings (SSSR count). The predicted octanol–water partition coefficient (Wildman–Crippen LogP) is 1.26. The van der Waals surface area contributed by atoms with Crippen molar-refractivity contribution in [3.8, 4) is 0 Å². The Morgan fingerprint density at radius 1 is 1.90 bits per heavy atom. The molecule has 0 saturated carbocycles. The number of likely N-dealkylation sites (N-methyl/N-ethyl adjacent to an activating group) is 1. The molecule has 1 amide bonds. The molecular weight excluding hydrogens is 245 g/mol. The molecule has 0 aliphatic carbocycles. The molecule has 0 N–H and O–H groups in total. The van der Waals surface area contributed by atoms with Crippen molar-refractivity contribution in [3.05, 3.63) is 0 Å². The molecule has 0 spiro atoms. The smallest absolute Gasteiger partial charge is 0.410 e. The molecule has 0 bridgehead atoms. The minimum Gasteiger partial charge on any atom is -0.443 e. The van der Waals surface area contributed by atoms with Crippen molar-refractivity contribution in [2.45, 2.75) is 17.0 Å². The van der Waals surface area contributed by atoms with Gasteiger partial charge >= 0.3 is 6.09 Å². The van der Waals surface area contributed by atoms with Gasteiger partial charge in [-0.25, -0.2) is 4.79 Å². The number of cyclic esters (lactones) is 1. The molecule has 1 aliphatic rings. The van der Waals surface area contributed by atoms with E-state index in [9.17, 15) is 4.79 Å². The third-order valence-corrected chi connectivity index (χ3v) is 2.33. The van der Waals surface area contributed by atoms with Crippen LogP contribution in [-0.2, 0) is 4.74 Å². The molecular formula is C6H10INO2. The summed E-state index contributed by atoms with van der Waals surface area (Å²) in [5.41, 5.74) is 0. The second kappa shape index (κ2) is 2.94. The number of carbonyl (C=O) groups excluding carboxylic acids is 1. The molecule has 1 unspecified atom stereocenters. The summed E-state index contributed by atoms with van der Waals surface area (Å²) in [4.78, 5) is 12.4. The zero-order valence-electron chi connectivity index (χ0n) is 6.00. The van der Waals surface area contributed by atoms with E-state index in [0.29, 0.717) is 3.92 Å². The van der Waals surface area contributed by atoms with Crippen molar-refractivity contribution in [1.82, 2.24) is 4.90 Å². The highest BCUT2D eigenvalue weighted by molar-refractivity contribution is 14.1. The molecule has 58 valence electrons. The van der Waals surface area contributed by atoms with Crippen LogP contribution < -0.4 is 0 Å². The number of nitrogens with zero attached hydrogens (tertiary/aromatic N) is 1. The molecule has 3 nitrogen and oxygen atoms in total. The first-order chi connectivity index (χ1) is 4.61. The summed E-state index contributed by atoms with van der Waals surface area (Å²) in [6, 6.07) is 0. The number of amides is 1. The van der Waals surface area contributed by atoms with Gasteiger partial charge in [0.2, 0.25) is 0 Å². The SMILES string of the molecule is CC(I)[C@@H]1CN(C)C(=O)O1. The summed E-state index contributed by atoms with van der Waals surface area (Å²) in [5.74, 6) is 0. The van der Waals surface area contributed by atoms with Gasteiger partial charge in [-0.1, -0.05) is 22.6 Å². The fraction of sp³-hybridized carbons (Fsp3) is 0.833. The fourth-order valence-electron chi connectivity index (χ4n) is 0.840. The number of halogens is 1. The van der Waals surface area contributed by atoms with Crippen LogP contribution in [0.4, 0.5) is 4.79 Å². The third-order valence-electron chi connectivity index (χ3n) is 1.53. The van der Waals surface area contributed by atoms with E-state index in [4.69, 9.17) is 4.74 Å². The Hall–Kier alpha value is 0. The van der Waals surface area contributed by atoms with Crippen molar-refractivity contribution in [2.75, 3.05) is 13.6 Å². The minimum atomic E-state index is -0.200. The molecule has 0 aromatic heterocycles. The average Bonchev–Trinajstić information content (AvgIpc) is 2.13. The molecule has 10 heavy (non-hydrogen) atoms. The van der Waals surface area contributed by atoms with Crippen LogP contribution in [0.5, 0.6) is 0 Å². The Morgan fingerprint density at radius 2 is 2.50 bits per heavy atom. The Kier molecular flexibility index (Phi) is 2.38. The maximum Gasteiger partial charge on any atom is 0.410 e. The lowest BCUT2D eigenvalue weighted by atomic mass is 10.3. The molecule has 0 radical (unpaired) electrons. The molecule has 0 aromatic rings. The van der Waals surface area contributed by atoms with E-state index in [1.54, 1.807) is 11.9 Å². The Balaban J connectivity index is 2.49. The van der Waals surface area contributed by atoms with E-state index >= 15 is 0 Å². The summed E-state index contributed by atoms with van der Waals surface area (Å²) in [6.45, 7) is 2.76. The standard InChI is InChI=1S/C6H10INO2/c1-4(7)5-3-8(2)6(9)10-5/h4-5H,3H2,1-2H3/t4?,5-/m0/s1. The molecule has 0 aromatic carbocycles. The average molecular weight is 255 g/mol. The molecule has 1 saturated heterocycles. The molecule has 1 heterocycles. The van der Waals surface area contributed by atoms with Crippen molar-refractivity contribution in [2.24, 2.45) is 0 Å². The Labute approximate surface area is 73.9 Å². The largest absolute Gasteiger partial charge is 0.443 e. The number of hydrogen-bond acceptors (Lipinski definition) is 2. The highest BCUT2D eigenvalue weighted by Gasteiger charge is 2.30. The molecule has 2 atom stereocenters. The third kappa shape index (κ3) is 1.53. The van der Waals surface area contributed by atoms with Crippen LogP contribution in [0.2, 0.25) is 0 Å². The number of alkyl halides is 1. The Bertz CT molecular complexity index is 149. The van der Waals surface area contributed by atoms with Gasteiger partial charge < -0.3 is 9.64 Å². The fourth-order valence-corrected chi connectivity index (χ4v) is 1.21. The maximum atomic E-state index is 10.8. The van der Waals surface area contributed by atoms with Crippen LogP contribution in [0.15, 0.2) is 0 Å². The first-order valence-corrected chi connectivity index (χ1v) is 4.41. The van der Waals surface area contributed by atoms with Crippen molar-refractivity contribution >= 4 is 28.7 Å². The highest BCUT2D eigenvalue weighted by atomic mass is 127. The van der Waals surface area contributed by atoms with Gasteiger partial charge in [-0.3, -0.25) is 0 Å². The van der Waals surface area contributed by atoms with Gasteiger partial charge in [0.05, 0.1) is 6.54 Å². The number of hydrogen-bond donors (Lipinski definition) is 0. The zero-order chi connectivity index (χ0) is 7.72. The maximum absolute atomic E-state index is 10.8. The second-order valence-corrected chi connectivity index (χ2v) is 4.45. The molecule has 1 fully saturated rings. The van der Waals surface area contributed by atoms with Gasteiger partial charge in [-0.2, -0.15) is 0 Å². The number of carbonyl (C=O) groups is 1. The van der Waals surface area contributed by atoms with E-state index in [-0.39, 0.29) is 12.2 Å². The first kappa shape index (κ1) is 8.10. The highest BCUT2D eigenvalue weighted by Crippen LogP contribution is 2.17.